The van der Waals surface area contributed by atoms with Crippen molar-refractivity contribution in [3.63, 3.8) is 0 Å². The van der Waals surface area contributed by atoms with E-state index < -0.39 is 5.97 Å². The Labute approximate surface area is 173 Å². The van der Waals surface area contributed by atoms with Gasteiger partial charge in [-0.25, -0.2) is 4.79 Å². The number of aliphatic hydroxyl groups is 1. The molecule has 1 aromatic carbocycles. The molecule has 3 rings (SSSR count). The Balaban J connectivity index is 1.53. The number of hydrogen-bond donors (Lipinski definition) is 2. The average Bonchev–Trinajstić information content (AvgIpc) is 3.02. The fraction of sp³-hybridized carbons (Fsp3) is 0.583. The highest BCUT2D eigenvalue weighted by Gasteiger charge is 2.41. The van der Waals surface area contributed by atoms with Crippen molar-refractivity contribution in [3.05, 3.63) is 47.5 Å². The van der Waals surface area contributed by atoms with Crippen molar-refractivity contribution in [2.45, 2.75) is 76.9 Å². The Morgan fingerprint density at radius 1 is 1.31 bits per heavy atom. The highest BCUT2D eigenvalue weighted by molar-refractivity contribution is 5.87. The van der Waals surface area contributed by atoms with Gasteiger partial charge in [-0.05, 0) is 61.6 Å². The molecule has 0 radical (unpaired) electrons. The van der Waals surface area contributed by atoms with Crippen LogP contribution in [0.5, 0.6) is 0 Å². The van der Waals surface area contributed by atoms with E-state index in [0.717, 1.165) is 37.7 Å². The van der Waals surface area contributed by atoms with Gasteiger partial charge in [-0.15, -0.1) is 0 Å². The lowest BCUT2D eigenvalue weighted by molar-refractivity contribution is -0.128. The number of carbonyl (C=O) groups excluding carboxylic acids is 1. The van der Waals surface area contributed by atoms with Crippen LogP contribution in [0, 0.1) is 5.41 Å². The summed E-state index contributed by atoms with van der Waals surface area (Å²) in [5.41, 5.74) is 1.42. The van der Waals surface area contributed by atoms with E-state index in [1.54, 1.807) is 12.1 Å². The van der Waals surface area contributed by atoms with E-state index in [0.29, 0.717) is 25.8 Å². The third-order valence-corrected chi connectivity index (χ3v) is 6.74. The number of nitrogens with zero attached hydrogens (tertiary/aromatic N) is 1. The molecule has 1 unspecified atom stereocenters. The van der Waals surface area contributed by atoms with Crippen LogP contribution in [0.2, 0.25) is 0 Å². The largest absolute Gasteiger partial charge is 0.478 e. The number of aliphatic hydroxyl groups excluding tert-OH is 1. The monoisotopic (exact) mass is 399 g/mol. The molecular weight excluding hydrogens is 366 g/mol. The standard InChI is InChI=1S/C24H33NO4/c1-2-14-24(15-4-16-24)21(26)6-3-5-20-11-12-22(27)25(20)17-13-18-7-9-19(10-8-18)23(28)29/h3,5,7-10,20-21,26H,2,4,6,11-17H2,1H3,(H,28,29)/b5-3+/t20?,21-/m0/s1. The van der Waals surface area contributed by atoms with Crippen molar-refractivity contribution in [1.82, 2.24) is 4.90 Å². The van der Waals surface area contributed by atoms with Crippen molar-refractivity contribution in [1.29, 1.82) is 0 Å². The normalized spacial score (nSPS) is 22.1. The van der Waals surface area contributed by atoms with Crippen molar-refractivity contribution < 1.29 is 19.8 Å². The molecular formula is C24H33NO4. The predicted molar refractivity (Wildman–Crippen MR) is 113 cm³/mol. The number of aromatic carboxylic acids is 1. The molecule has 0 bridgehead atoms. The van der Waals surface area contributed by atoms with E-state index in [1.807, 2.05) is 17.0 Å². The van der Waals surface area contributed by atoms with Crippen LogP contribution in [-0.4, -0.2) is 45.7 Å². The molecule has 2 aliphatic rings. The van der Waals surface area contributed by atoms with E-state index in [2.05, 4.69) is 19.1 Å². The smallest absolute Gasteiger partial charge is 0.335 e. The van der Waals surface area contributed by atoms with E-state index in [1.165, 1.54) is 6.42 Å². The van der Waals surface area contributed by atoms with Crippen molar-refractivity contribution in [2.24, 2.45) is 5.41 Å². The zero-order valence-electron chi connectivity index (χ0n) is 17.3. The van der Waals surface area contributed by atoms with Crippen molar-refractivity contribution >= 4 is 11.9 Å². The molecule has 29 heavy (non-hydrogen) atoms. The number of carboxylic acid groups (broad SMARTS) is 1. The van der Waals surface area contributed by atoms with Crippen molar-refractivity contribution in [2.75, 3.05) is 6.54 Å². The van der Waals surface area contributed by atoms with Gasteiger partial charge in [-0.2, -0.15) is 0 Å². The summed E-state index contributed by atoms with van der Waals surface area (Å²) in [6.07, 6.45) is 12.3. The second-order valence-electron chi connectivity index (χ2n) is 8.59. The van der Waals surface area contributed by atoms with Gasteiger partial charge in [-0.3, -0.25) is 4.79 Å². The van der Waals surface area contributed by atoms with Gasteiger partial charge >= 0.3 is 5.97 Å². The zero-order valence-corrected chi connectivity index (χ0v) is 17.3. The van der Waals surface area contributed by atoms with E-state index in [9.17, 15) is 14.7 Å². The van der Waals surface area contributed by atoms with Crippen LogP contribution in [-0.2, 0) is 11.2 Å². The zero-order chi connectivity index (χ0) is 20.9. The molecule has 1 aliphatic heterocycles. The number of amides is 1. The molecule has 1 aliphatic carbocycles. The summed E-state index contributed by atoms with van der Waals surface area (Å²) in [5, 5.41) is 19.7. The molecule has 5 heteroatoms. The number of benzene rings is 1. The minimum absolute atomic E-state index is 0.0940. The number of likely N-dealkylation sites (tertiary alicyclic amines) is 1. The molecule has 1 heterocycles. The lowest BCUT2D eigenvalue weighted by Crippen LogP contribution is -2.41. The second kappa shape index (κ2) is 9.57. The fourth-order valence-corrected chi connectivity index (χ4v) is 4.80. The summed E-state index contributed by atoms with van der Waals surface area (Å²) in [5.74, 6) is -0.759. The molecule has 0 aromatic heterocycles. The predicted octanol–water partition coefficient (Wildman–Crippen LogP) is 4.20. The van der Waals surface area contributed by atoms with Crippen LogP contribution < -0.4 is 0 Å². The maximum absolute atomic E-state index is 12.3. The van der Waals surface area contributed by atoms with Gasteiger partial charge in [0.1, 0.15) is 0 Å². The lowest BCUT2D eigenvalue weighted by atomic mass is 9.62. The molecule has 2 fully saturated rings. The second-order valence-corrected chi connectivity index (χ2v) is 8.59. The first-order valence-electron chi connectivity index (χ1n) is 10.9. The number of hydrogen-bond acceptors (Lipinski definition) is 3. The first-order valence-corrected chi connectivity index (χ1v) is 10.9. The first kappa shape index (κ1) is 21.6. The molecule has 1 saturated carbocycles. The van der Waals surface area contributed by atoms with Crippen LogP contribution >= 0.6 is 0 Å². The topological polar surface area (TPSA) is 77.8 Å². The van der Waals surface area contributed by atoms with Gasteiger partial charge in [0.05, 0.1) is 17.7 Å². The van der Waals surface area contributed by atoms with E-state index >= 15 is 0 Å². The third-order valence-electron chi connectivity index (χ3n) is 6.74. The van der Waals surface area contributed by atoms with Gasteiger partial charge in [0.25, 0.3) is 0 Å². The Bertz CT molecular complexity index is 736. The van der Waals surface area contributed by atoms with Crippen LogP contribution in [0.4, 0.5) is 0 Å². The summed E-state index contributed by atoms with van der Waals surface area (Å²) in [6.45, 7) is 2.81. The number of carbonyl (C=O) groups is 2. The van der Waals surface area contributed by atoms with Gasteiger partial charge in [-0.1, -0.05) is 44.1 Å². The van der Waals surface area contributed by atoms with Crippen LogP contribution in [0.3, 0.4) is 0 Å². The molecule has 1 amide bonds. The average molecular weight is 400 g/mol. The van der Waals surface area contributed by atoms with Gasteiger partial charge in [0.2, 0.25) is 5.91 Å². The number of rotatable bonds is 10. The van der Waals surface area contributed by atoms with Crippen molar-refractivity contribution in [3.8, 4) is 0 Å². The summed E-state index contributed by atoms with van der Waals surface area (Å²) in [6, 6.07) is 6.94. The fourth-order valence-electron chi connectivity index (χ4n) is 4.80. The third kappa shape index (κ3) is 5.08. The molecule has 5 nitrogen and oxygen atoms in total. The lowest BCUT2D eigenvalue weighted by Gasteiger charge is -2.45. The van der Waals surface area contributed by atoms with Gasteiger partial charge < -0.3 is 15.1 Å². The molecule has 1 aromatic rings. The number of carboxylic acids is 1. The molecule has 2 atom stereocenters. The Kier molecular flexibility index (Phi) is 7.12. The maximum Gasteiger partial charge on any atom is 0.335 e. The quantitative estimate of drug-likeness (QED) is 0.578. The van der Waals surface area contributed by atoms with Crippen LogP contribution in [0.1, 0.15) is 74.2 Å². The minimum Gasteiger partial charge on any atom is -0.478 e. The highest BCUT2D eigenvalue weighted by Crippen LogP contribution is 2.48. The summed E-state index contributed by atoms with van der Waals surface area (Å²) < 4.78 is 0. The molecule has 1 saturated heterocycles. The van der Waals surface area contributed by atoms with Crippen LogP contribution in [0.25, 0.3) is 0 Å². The van der Waals surface area contributed by atoms with Gasteiger partial charge in [0, 0.05) is 13.0 Å². The summed E-state index contributed by atoms with van der Waals surface area (Å²) in [7, 11) is 0. The maximum atomic E-state index is 12.3. The Morgan fingerprint density at radius 2 is 2.03 bits per heavy atom. The van der Waals surface area contributed by atoms with E-state index in [4.69, 9.17) is 5.11 Å². The SMILES string of the molecule is CCCC1([C@@H](O)C/C=C/C2CCC(=O)N2CCc2ccc(C(=O)O)cc2)CCC1. The summed E-state index contributed by atoms with van der Waals surface area (Å²) in [4.78, 5) is 25.2. The molecule has 0 spiro atoms. The van der Waals surface area contributed by atoms with Crippen LogP contribution in [0.15, 0.2) is 36.4 Å². The van der Waals surface area contributed by atoms with Gasteiger partial charge in [0.15, 0.2) is 0 Å². The Hall–Kier alpha value is -2.14. The molecule has 158 valence electrons. The Morgan fingerprint density at radius 3 is 2.62 bits per heavy atom. The minimum atomic E-state index is -0.929. The first-order chi connectivity index (χ1) is 13.9. The van der Waals surface area contributed by atoms with E-state index in [-0.39, 0.29) is 29.0 Å². The summed E-state index contributed by atoms with van der Waals surface area (Å²) >= 11 is 0. The highest BCUT2D eigenvalue weighted by atomic mass is 16.4. The molecule has 2 N–H and O–H groups in total.